The van der Waals surface area contributed by atoms with Crippen LogP contribution < -0.4 is 10.6 Å². The van der Waals surface area contributed by atoms with Crippen molar-refractivity contribution >= 4 is 27.4 Å². The zero-order chi connectivity index (χ0) is 22.2. The molecule has 2 heterocycles. The summed E-state index contributed by atoms with van der Waals surface area (Å²) in [4.78, 5) is 10.1. The summed E-state index contributed by atoms with van der Waals surface area (Å²) >= 11 is 1.62. The summed E-state index contributed by atoms with van der Waals surface area (Å²) < 4.78 is 3.33. The molecule has 32 heavy (non-hydrogen) atoms. The SMILES string of the molecule is CCNC(=NCc1nccn1CCc1ccccc1)NCC(O)c1cc2ccccc2s1. The number of hydrogen-bond acceptors (Lipinski definition) is 4. The summed E-state index contributed by atoms with van der Waals surface area (Å²) in [5.74, 6) is 1.59. The lowest BCUT2D eigenvalue weighted by molar-refractivity contribution is 0.184. The van der Waals surface area contributed by atoms with Gasteiger partial charge in [0.25, 0.3) is 0 Å². The van der Waals surface area contributed by atoms with Gasteiger partial charge in [-0.1, -0.05) is 48.5 Å². The van der Waals surface area contributed by atoms with Gasteiger partial charge in [-0.25, -0.2) is 9.98 Å². The number of aliphatic hydroxyl groups is 1. The highest BCUT2D eigenvalue weighted by atomic mass is 32.1. The second-order valence-corrected chi connectivity index (χ2v) is 8.67. The average molecular weight is 448 g/mol. The van der Waals surface area contributed by atoms with Crippen LogP contribution in [0.5, 0.6) is 0 Å². The Balaban J connectivity index is 1.35. The molecular formula is C25H29N5OS. The third-order valence-electron chi connectivity index (χ3n) is 5.24. The first kappa shape index (κ1) is 22.0. The molecule has 2 aromatic heterocycles. The van der Waals surface area contributed by atoms with Crippen molar-refractivity contribution in [2.24, 2.45) is 4.99 Å². The van der Waals surface area contributed by atoms with Crippen molar-refractivity contribution in [3.63, 3.8) is 0 Å². The Bertz CT molecular complexity index is 1120. The van der Waals surface area contributed by atoms with Crippen molar-refractivity contribution in [2.75, 3.05) is 13.1 Å². The van der Waals surface area contributed by atoms with Gasteiger partial charge in [-0.3, -0.25) is 0 Å². The van der Waals surface area contributed by atoms with Crippen LogP contribution in [0.25, 0.3) is 10.1 Å². The summed E-state index contributed by atoms with van der Waals surface area (Å²) in [6, 6.07) is 20.7. The van der Waals surface area contributed by atoms with E-state index in [9.17, 15) is 5.11 Å². The Morgan fingerprint density at radius 2 is 1.94 bits per heavy atom. The van der Waals surface area contributed by atoms with Crippen LogP contribution in [0, 0.1) is 0 Å². The Morgan fingerprint density at radius 3 is 2.75 bits per heavy atom. The predicted octanol–water partition coefficient (Wildman–Crippen LogP) is 4.13. The van der Waals surface area contributed by atoms with Gasteiger partial charge < -0.3 is 20.3 Å². The monoisotopic (exact) mass is 447 g/mol. The molecule has 4 rings (SSSR count). The summed E-state index contributed by atoms with van der Waals surface area (Å²) in [7, 11) is 0. The molecule has 7 heteroatoms. The molecule has 0 aliphatic rings. The van der Waals surface area contributed by atoms with E-state index in [1.54, 1.807) is 11.3 Å². The second kappa shape index (κ2) is 10.9. The molecule has 0 spiro atoms. The highest BCUT2D eigenvalue weighted by Gasteiger charge is 2.12. The van der Waals surface area contributed by atoms with Gasteiger partial charge >= 0.3 is 0 Å². The molecule has 166 valence electrons. The molecule has 4 aromatic rings. The van der Waals surface area contributed by atoms with Crippen molar-refractivity contribution in [3.05, 3.63) is 89.3 Å². The van der Waals surface area contributed by atoms with E-state index in [1.807, 2.05) is 37.5 Å². The predicted molar refractivity (Wildman–Crippen MR) is 132 cm³/mol. The standard InChI is InChI=1S/C25H29N5OS/c1-2-26-25(28-17-21(31)23-16-20-10-6-7-11-22(20)32-23)29-18-24-27-13-15-30(24)14-12-19-8-4-3-5-9-19/h3-11,13,15-16,21,31H,2,12,14,17-18H2,1H3,(H2,26,28,29). The zero-order valence-electron chi connectivity index (χ0n) is 18.2. The van der Waals surface area contributed by atoms with Crippen LogP contribution in [0.3, 0.4) is 0 Å². The van der Waals surface area contributed by atoms with Crippen LogP contribution in [-0.2, 0) is 19.5 Å². The minimum Gasteiger partial charge on any atom is -0.386 e. The number of thiophene rings is 1. The van der Waals surface area contributed by atoms with Gasteiger partial charge in [0.15, 0.2) is 5.96 Å². The number of aromatic nitrogens is 2. The first-order valence-electron chi connectivity index (χ1n) is 11.0. The number of fused-ring (bicyclic) bond motifs is 1. The normalized spacial score (nSPS) is 12.8. The van der Waals surface area contributed by atoms with Crippen molar-refractivity contribution in [3.8, 4) is 0 Å². The van der Waals surface area contributed by atoms with Gasteiger partial charge in [-0.15, -0.1) is 11.3 Å². The van der Waals surface area contributed by atoms with E-state index in [1.165, 1.54) is 10.3 Å². The molecule has 0 aliphatic heterocycles. The smallest absolute Gasteiger partial charge is 0.191 e. The van der Waals surface area contributed by atoms with Gasteiger partial charge in [0.2, 0.25) is 0 Å². The van der Waals surface area contributed by atoms with E-state index in [0.29, 0.717) is 19.0 Å². The van der Waals surface area contributed by atoms with Crippen LogP contribution in [0.15, 0.2) is 78.0 Å². The van der Waals surface area contributed by atoms with Gasteiger partial charge in [-0.2, -0.15) is 0 Å². The lowest BCUT2D eigenvalue weighted by atomic mass is 10.1. The van der Waals surface area contributed by atoms with E-state index in [4.69, 9.17) is 0 Å². The van der Waals surface area contributed by atoms with E-state index >= 15 is 0 Å². The Hall–Kier alpha value is -3.16. The molecule has 1 unspecified atom stereocenters. The van der Waals surface area contributed by atoms with Crippen LogP contribution in [-0.4, -0.2) is 33.7 Å². The number of aryl methyl sites for hydroxylation is 2. The molecular weight excluding hydrogens is 418 g/mol. The molecule has 6 nitrogen and oxygen atoms in total. The second-order valence-electron chi connectivity index (χ2n) is 7.55. The number of nitrogens with zero attached hydrogens (tertiary/aromatic N) is 3. The molecule has 0 radical (unpaired) electrons. The van der Waals surface area contributed by atoms with Crippen molar-refractivity contribution in [1.82, 2.24) is 20.2 Å². The quantitative estimate of drug-likeness (QED) is 0.266. The van der Waals surface area contributed by atoms with Crippen LogP contribution >= 0.6 is 11.3 Å². The molecule has 3 N–H and O–H groups in total. The maximum absolute atomic E-state index is 10.7. The molecule has 1 atom stereocenters. The van der Waals surface area contributed by atoms with Crippen LogP contribution in [0.1, 0.15) is 29.3 Å². The number of nitrogens with one attached hydrogen (secondary N) is 2. The zero-order valence-corrected chi connectivity index (χ0v) is 19.1. The molecule has 0 aliphatic carbocycles. The summed E-state index contributed by atoms with van der Waals surface area (Å²) in [6.07, 6.45) is 4.18. The number of aliphatic imine (C=N–C) groups is 1. The first-order valence-corrected chi connectivity index (χ1v) is 11.8. The van der Waals surface area contributed by atoms with Crippen LogP contribution in [0.2, 0.25) is 0 Å². The number of aliphatic hydroxyl groups excluding tert-OH is 1. The summed E-state index contributed by atoms with van der Waals surface area (Å²) in [5, 5.41) is 18.3. The fourth-order valence-electron chi connectivity index (χ4n) is 3.54. The fraction of sp³-hybridized carbons (Fsp3) is 0.280. The van der Waals surface area contributed by atoms with Gasteiger partial charge in [-0.05, 0) is 36.4 Å². The van der Waals surface area contributed by atoms with Crippen molar-refractivity contribution in [1.29, 1.82) is 0 Å². The minimum atomic E-state index is -0.593. The highest BCUT2D eigenvalue weighted by Crippen LogP contribution is 2.29. The molecule has 2 aromatic carbocycles. The van der Waals surface area contributed by atoms with Crippen molar-refractivity contribution in [2.45, 2.75) is 32.5 Å². The molecule has 0 fully saturated rings. The number of guanidine groups is 1. The van der Waals surface area contributed by atoms with E-state index in [0.717, 1.165) is 35.6 Å². The van der Waals surface area contributed by atoms with E-state index < -0.39 is 6.10 Å². The highest BCUT2D eigenvalue weighted by molar-refractivity contribution is 7.19. The number of benzene rings is 2. The summed E-state index contributed by atoms with van der Waals surface area (Å²) in [5.41, 5.74) is 1.31. The minimum absolute atomic E-state index is 0.390. The Kier molecular flexibility index (Phi) is 7.53. The molecule has 0 saturated heterocycles. The molecule has 0 saturated carbocycles. The first-order chi connectivity index (χ1) is 15.7. The van der Waals surface area contributed by atoms with E-state index in [-0.39, 0.29) is 0 Å². The lowest BCUT2D eigenvalue weighted by Crippen LogP contribution is -2.39. The third kappa shape index (κ3) is 5.75. The number of imidazole rings is 1. The lowest BCUT2D eigenvalue weighted by Gasteiger charge is -2.14. The Labute approximate surface area is 192 Å². The van der Waals surface area contributed by atoms with Gasteiger partial charge in [0.05, 0.1) is 0 Å². The maximum atomic E-state index is 10.7. The van der Waals surface area contributed by atoms with E-state index in [2.05, 4.69) is 67.6 Å². The molecule has 0 amide bonds. The average Bonchev–Trinajstić information content (AvgIpc) is 3.46. The van der Waals surface area contributed by atoms with Crippen LogP contribution in [0.4, 0.5) is 0 Å². The Morgan fingerprint density at radius 1 is 1.12 bits per heavy atom. The van der Waals surface area contributed by atoms with Crippen molar-refractivity contribution < 1.29 is 5.11 Å². The third-order valence-corrected chi connectivity index (χ3v) is 6.46. The van der Waals surface area contributed by atoms with Gasteiger partial charge in [0.1, 0.15) is 18.5 Å². The maximum Gasteiger partial charge on any atom is 0.191 e. The number of hydrogen-bond donors (Lipinski definition) is 3. The fourth-order valence-corrected chi connectivity index (χ4v) is 4.59. The number of rotatable bonds is 9. The van der Waals surface area contributed by atoms with Gasteiger partial charge in [0, 0.05) is 41.6 Å². The largest absolute Gasteiger partial charge is 0.386 e. The summed E-state index contributed by atoms with van der Waals surface area (Å²) in [6.45, 7) is 4.49. The topological polar surface area (TPSA) is 74.5 Å². The molecule has 0 bridgehead atoms.